The van der Waals surface area contributed by atoms with Gasteiger partial charge in [-0.05, 0) is 47.5 Å². The van der Waals surface area contributed by atoms with E-state index >= 15 is 0 Å². The fourth-order valence-corrected chi connectivity index (χ4v) is 3.73. The molecule has 35 heavy (non-hydrogen) atoms. The van der Waals surface area contributed by atoms with Crippen LogP contribution in [0.2, 0.25) is 0 Å². The van der Waals surface area contributed by atoms with Gasteiger partial charge in [0.15, 0.2) is 11.6 Å². The molecule has 0 fully saturated rings. The Kier molecular flexibility index (Phi) is 8.38. The summed E-state index contributed by atoms with van der Waals surface area (Å²) in [7, 11) is 0. The van der Waals surface area contributed by atoms with Gasteiger partial charge < -0.3 is 4.74 Å². The van der Waals surface area contributed by atoms with Crippen molar-refractivity contribution in [3.8, 4) is 5.82 Å². The zero-order valence-electron chi connectivity index (χ0n) is 18.6. The summed E-state index contributed by atoms with van der Waals surface area (Å²) in [6, 6.07) is 5.07. The number of anilines is 1. The van der Waals surface area contributed by atoms with Crippen LogP contribution >= 0.6 is 15.9 Å². The smallest absolute Gasteiger partial charge is 0.465 e. The van der Waals surface area contributed by atoms with Gasteiger partial charge in [-0.1, -0.05) is 13.3 Å². The van der Waals surface area contributed by atoms with Gasteiger partial charge in [0.05, 0.1) is 22.5 Å². The van der Waals surface area contributed by atoms with Gasteiger partial charge >= 0.3 is 18.1 Å². The van der Waals surface area contributed by atoms with Gasteiger partial charge in [0, 0.05) is 18.0 Å². The highest BCUT2D eigenvalue weighted by atomic mass is 79.9. The van der Waals surface area contributed by atoms with E-state index in [1.165, 1.54) is 10.9 Å². The number of carbonyl (C=O) groups excluding carboxylic acids is 2. The molecule has 3 rings (SSSR count). The van der Waals surface area contributed by atoms with E-state index in [2.05, 4.69) is 41.4 Å². The first-order chi connectivity index (χ1) is 16.7. The molecule has 1 amide bonds. The molecule has 2 N–H and O–H groups in total. The van der Waals surface area contributed by atoms with Crippen molar-refractivity contribution in [3.05, 3.63) is 58.3 Å². The van der Waals surface area contributed by atoms with Gasteiger partial charge in [0.2, 0.25) is 0 Å². The van der Waals surface area contributed by atoms with Crippen LogP contribution in [0.4, 0.5) is 19.0 Å². The first-order valence-electron chi connectivity index (χ1n) is 10.5. The number of halogens is 4. The average Bonchev–Trinajstić information content (AvgIpc) is 3.28. The monoisotopic (exact) mass is 555 g/mol. The van der Waals surface area contributed by atoms with E-state index in [4.69, 9.17) is 4.74 Å². The average molecular weight is 556 g/mol. The maximum Gasteiger partial charge on any atom is 0.472 e. The minimum atomic E-state index is -5.09. The second kappa shape index (κ2) is 11.3. The number of rotatable bonds is 9. The Balaban J connectivity index is 2.13. The van der Waals surface area contributed by atoms with Crippen LogP contribution in [0.5, 0.6) is 0 Å². The molecule has 0 aromatic carbocycles. The Morgan fingerprint density at radius 3 is 2.60 bits per heavy atom. The quantitative estimate of drug-likeness (QED) is 0.304. The Labute approximate surface area is 206 Å². The largest absolute Gasteiger partial charge is 0.472 e. The van der Waals surface area contributed by atoms with Crippen molar-refractivity contribution in [1.82, 2.24) is 30.2 Å². The Hall–Kier alpha value is -3.55. The summed E-state index contributed by atoms with van der Waals surface area (Å²) >= 11 is 3.42. The van der Waals surface area contributed by atoms with Gasteiger partial charge in [0.25, 0.3) is 0 Å². The zero-order valence-corrected chi connectivity index (χ0v) is 20.2. The molecule has 3 aromatic heterocycles. The van der Waals surface area contributed by atoms with E-state index in [0.717, 1.165) is 6.33 Å². The molecule has 3 heterocycles. The molecule has 1 unspecified atom stereocenters. The third-order valence-corrected chi connectivity index (χ3v) is 5.35. The number of hydrazine groups is 1. The number of nitrogens with one attached hydrogen (secondary N) is 2. The van der Waals surface area contributed by atoms with E-state index in [0.29, 0.717) is 28.0 Å². The van der Waals surface area contributed by atoms with Crippen molar-refractivity contribution in [3.63, 3.8) is 0 Å². The lowest BCUT2D eigenvalue weighted by molar-refractivity contribution is -0.173. The Morgan fingerprint density at radius 2 is 1.94 bits per heavy atom. The molecule has 0 aliphatic heterocycles. The molecule has 14 heteroatoms. The summed E-state index contributed by atoms with van der Waals surface area (Å²) in [4.78, 5) is 37.1. The van der Waals surface area contributed by atoms with Gasteiger partial charge in [-0.2, -0.15) is 18.3 Å². The van der Waals surface area contributed by atoms with Crippen LogP contribution in [-0.4, -0.2) is 49.4 Å². The Bertz CT molecular complexity index is 1200. The lowest BCUT2D eigenvalue weighted by Crippen LogP contribution is -2.40. The van der Waals surface area contributed by atoms with Crippen LogP contribution in [0.1, 0.15) is 43.1 Å². The van der Waals surface area contributed by atoms with E-state index < -0.39 is 24.0 Å². The fraction of sp³-hybridized carbons (Fsp3) is 0.333. The number of carbonyl (C=O) groups is 2. The van der Waals surface area contributed by atoms with Crippen molar-refractivity contribution in [1.29, 1.82) is 0 Å². The lowest BCUT2D eigenvalue weighted by atomic mass is 9.94. The van der Waals surface area contributed by atoms with E-state index in [9.17, 15) is 22.8 Å². The topological polar surface area (TPSA) is 124 Å². The van der Waals surface area contributed by atoms with Crippen molar-refractivity contribution >= 4 is 33.6 Å². The maximum absolute atomic E-state index is 13.2. The number of hydrogen-bond acceptors (Lipinski definition) is 8. The molecule has 0 radical (unpaired) electrons. The molecule has 0 saturated carbocycles. The van der Waals surface area contributed by atoms with Gasteiger partial charge in [0.1, 0.15) is 12.2 Å². The van der Waals surface area contributed by atoms with Crippen LogP contribution in [0.15, 0.2) is 41.4 Å². The number of nitrogens with zero attached hydrogens (tertiary/aromatic N) is 5. The van der Waals surface area contributed by atoms with Gasteiger partial charge in [-0.3, -0.25) is 20.4 Å². The lowest BCUT2D eigenvalue weighted by Gasteiger charge is -2.21. The maximum atomic E-state index is 13.2. The highest BCUT2D eigenvalue weighted by molar-refractivity contribution is 9.10. The number of esters is 1. The summed E-state index contributed by atoms with van der Waals surface area (Å²) in [5.74, 6) is -3.63. The summed E-state index contributed by atoms with van der Waals surface area (Å²) in [5, 5.41) is 4.30. The van der Waals surface area contributed by atoms with Crippen LogP contribution in [-0.2, 0) is 20.7 Å². The third-order valence-electron chi connectivity index (χ3n) is 4.73. The summed E-state index contributed by atoms with van der Waals surface area (Å²) in [5.41, 5.74) is 4.68. The van der Waals surface area contributed by atoms with Gasteiger partial charge in [-0.25, -0.2) is 19.6 Å². The van der Waals surface area contributed by atoms with Crippen molar-refractivity contribution in [2.45, 2.75) is 38.8 Å². The highest BCUT2D eigenvalue weighted by Gasteiger charge is 2.39. The fourth-order valence-electron chi connectivity index (χ4n) is 3.31. The number of pyridine rings is 1. The standard InChI is InChI=1S/C21H21BrF3N7O3/c1-3-6-12-16(27-11-28-17(12)30-31-20(34)21(23,24)25)15(19(33)35-4-2)14-8-10-29-32(14)18-13(22)7-5-9-26-18/h5,7-11,15H,3-4,6H2,1-2H3,(H,31,34)(H,27,28,30). The predicted octanol–water partition coefficient (Wildman–Crippen LogP) is 3.47. The molecule has 0 aliphatic carbocycles. The van der Waals surface area contributed by atoms with Crippen LogP contribution in [0.25, 0.3) is 5.82 Å². The molecule has 0 spiro atoms. The highest BCUT2D eigenvalue weighted by Crippen LogP contribution is 2.32. The number of hydrogen-bond donors (Lipinski definition) is 2. The van der Waals surface area contributed by atoms with Gasteiger partial charge in [-0.15, -0.1) is 0 Å². The summed E-state index contributed by atoms with van der Waals surface area (Å²) in [6.45, 7) is 3.56. The number of alkyl halides is 3. The first-order valence-corrected chi connectivity index (χ1v) is 11.3. The SMILES string of the molecule is CCCc1c(NNC(=O)C(F)(F)F)ncnc1C(C(=O)OCC)c1ccnn1-c1ncccc1Br. The third kappa shape index (κ3) is 5.93. The van der Waals surface area contributed by atoms with E-state index in [1.54, 1.807) is 36.7 Å². The van der Waals surface area contributed by atoms with Crippen molar-refractivity contribution < 1.29 is 27.5 Å². The van der Waals surface area contributed by atoms with Crippen LogP contribution in [0.3, 0.4) is 0 Å². The van der Waals surface area contributed by atoms with Crippen molar-refractivity contribution in [2.24, 2.45) is 0 Å². The minimum Gasteiger partial charge on any atom is -0.465 e. The molecular formula is C21H21BrF3N7O3. The summed E-state index contributed by atoms with van der Waals surface area (Å²) in [6.07, 6.45) is -0.139. The number of ether oxygens (including phenoxy) is 1. The molecule has 3 aromatic rings. The normalized spacial score (nSPS) is 12.2. The minimum absolute atomic E-state index is 0.0752. The van der Waals surface area contributed by atoms with E-state index in [-0.39, 0.29) is 24.5 Å². The molecule has 1 atom stereocenters. The van der Waals surface area contributed by atoms with Crippen molar-refractivity contribution in [2.75, 3.05) is 12.0 Å². The molecule has 186 valence electrons. The number of amides is 1. The molecule has 10 nitrogen and oxygen atoms in total. The van der Waals surface area contributed by atoms with Crippen LogP contribution < -0.4 is 10.9 Å². The second-order valence-electron chi connectivity index (χ2n) is 7.07. The zero-order chi connectivity index (χ0) is 25.6. The van der Waals surface area contributed by atoms with E-state index in [1.807, 2.05) is 6.92 Å². The Morgan fingerprint density at radius 1 is 1.17 bits per heavy atom. The van der Waals surface area contributed by atoms with Crippen LogP contribution in [0, 0.1) is 0 Å². The molecular weight excluding hydrogens is 535 g/mol. The molecule has 0 bridgehead atoms. The molecule has 0 saturated heterocycles. The second-order valence-corrected chi connectivity index (χ2v) is 7.93. The molecule has 0 aliphatic rings. The first kappa shape index (κ1) is 26.1. The predicted molar refractivity (Wildman–Crippen MR) is 121 cm³/mol. The summed E-state index contributed by atoms with van der Waals surface area (Å²) < 4.78 is 45.3. The number of aromatic nitrogens is 5.